The normalized spacial score (nSPS) is 10.2. The van der Waals surface area contributed by atoms with E-state index >= 15 is 0 Å². The molecule has 0 amide bonds. The first-order chi connectivity index (χ1) is 6.60. The topological polar surface area (TPSA) is 71.2 Å². The summed E-state index contributed by atoms with van der Waals surface area (Å²) in [7, 11) is 1.57. The molecule has 1 rings (SSSR count). The lowest BCUT2D eigenvalue weighted by Crippen LogP contribution is -2.23. The number of carbonyl (C=O) groups is 1. The molecule has 1 N–H and O–H groups in total. The van der Waals surface area contributed by atoms with Crippen molar-refractivity contribution in [1.82, 2.24) is 14.8 Å². The largest absolute Gasteiger partial charge is 0.475 e. The molecule has 1 aromatic rings. The molecule has 0 radical (unpaired) electrons. The molecule has 0 aromatic carbocycles. The minimum atomic E-state index is -1.06. The number of carboxylic acid groups (broad SMARTS) is 1. The van der Waals surface area contributed by atoms with Gasteiger partial charge in [-0.25, -0.2) is 9.48 Å². The quantitative estimate of drug-likeness (QED) is 0.756. The van der Waals surface area contributed by atoms with Gasteiger partial charge >= 0.3 is 5.97 Å². The maximum atomic E-state index is 10.7. The molecule has 78 valence electrons. The number of aromatic carboxylic acids is 1. The summed E-state index contributed by atoms with van der Waals surface area (Å²) in [5.41, 5.74) is 0. The predicted octanol–water partition coefficient (Wildman–Crippen LogP) is 0.359. The second kappa shape index (κ2) is 4.08. The Labute approximate surface area is 82.2 Å². The Morgan fingerprint density at radius 2 is 2.07 bits per heavy atom. The van der Waals surface area contributed by atoms with Gasteiger partial charge in [-0.2, -0.15) is 4.98 Å². The minimum absolute atomic E-state index is 0.0353. The molecular weight excluding hydrogens is 184 g/mol. The zero-order valence-electron chi connectivity index (χ0n) is 8.56. The molecule has 14 heavy (non-hydrogen) atoms. The molecule has 0 aliphatic heterocycles. The first kappa shape index (κ1) is 10.5. The van der Waals surface area contributed by atoms with Crippen LogP contribution < -0.4 is 4.90 Å². The van der Waals surface area contributed by atoms with Crippen molar-refractivity contribution in [3.05, 3.63) is 5.82 Å². The van der Waals surface area contributed by atoms with Gasteiger partial charge < -0.3 is 10.0 Å². The minimum Gasteiger partial charge on any atom is -0.475 e. The number of nitrogens with zero attached hydrogens (tertiary/aromatic N) is 4. The van der Waals surface area contributed by atoms with Crippen LogP contribution >= 0.6 is 0 Å². The molecule has 0 aliphatic carbocycles. The summed E-state index contributed by atoms with van der Waals surface area (Å²) >= 11 is 0. The number of carboxylic acids is 1. The molecule has 0 spiro atoms. The first-order valence-corrected chi connectivity index (χ1v) is 4.49. The molecule has 6 heteroatoms. The first-order valence-electron chi connectivity index (χ1n) is 4.49. The van der Waals surface area contributed by atoms with Crippen LogP contribution in [0.3, 0.4) is 0 Å². The number of hydrogen-bond acceptors (Lipinski definition) is 4. The van der Waals surface area contributed by atoms with Crippen LogP contribution in [-0.2, 0) is 7.05 Å². The lowest BCUT2D eigenvalue weighted by atomic mass is 10.5. The van der Waals surface area contributed by atoms with E-state index in [0.717, 1.165) is 13.1 Å². The highest BCUT2D eigenvalue weighted by Gasteiger charge is 2.16. The molecule has 0 bridgehead atoms. The van der Waals surface area contributed by atoms with Gasteiger partial charge in [0.1, 0.15) is 0 Å². The second-order valence-corrected chi connectivity index (χ2v) is 2.84. The van der Waals surface area contributed by atoms with Gasteiger partial charge in [-0.05, 0) is 13.8 Å². The molecule has 1 aromatic heterocycles. The maximum Gasteiger partial charge on any atom is 0.373 e. The summed E-state index contributed by atoms with van der Waals surface area (Å²) in [6.07, 6.45) is 0. The second-order valence-electron chi connectivity index (χ2n) is 2.84. The summed E-state index contributed by atoms with van der Waals surface area (Å²) in [5.74, 6) is -0.625. The van der Waals surface area contributed by atoms with Crippen molar-refractivity contribution in [2.75, 3.05) is 18.0 Å². The molecule has 1 heterocycles. The van der Waals surface area contributed by atoms with Crippen LogP contribution in [0.1, 0.15) is 24.5 Å². The fourth-order valence-electron chi connectivity index (χ4n) is 1.20. The third kappa shape index (κ3) is 1.84. The van der Waals surface area contributed by atoms with Crippen LogP contribution in [0.2, 0.25) is 0 Å². The van der Waals surface area contributed by atoms with Gasteiger partial charge in [0.2, 0.25) is 11.8 Å². The van der Waals surface area contributed by atoms with Gasteiger partial charge in [0.05, 0.1) is 0 Å². The Kier molecular flexibility index (Phi) is 3.06. The SMILES string of the molecule is CCN(CC)c1nc(C(=O)O)n(C)n1. The molecule has 0 unspecified atom stereocenters. The number of hydrogen-bond donors (Lipinski definition) is 1. The van der Waals surface area contributed by atoms with E-state index in [1.165, 1.54) is 4.68 Å². The fraction of sp³-hybridized carbons (Fsp3) is 0.625. The molecule has 6 nitrogen and oxygen atoms in total. The zero-order valence-corrected chi connectivity index (χ0v) is 8.56. The summed E-state index contributed by atoms with van der Waals surface area (Å²) < 4.78 is 1.27. The lowest BCUT2D eigenvalue weighted by molar-refractivity contribution is 0.0678. The number of aromatic nitrogens is 3. The monoisotopic (exact) mass is 198 g/mol. The van der Waals surface area contributed by atoms with Gasteiger partial charge in [0.25, 0.3) is 0 Å². The zero-order chi connectivity index (χ0) is 10.7. The Bertz CT molecular complexity index is 330. The smallest absolute Gasteiger partial charge is 0.373 e. The number of aryl methyl sites for hydroxylation is 1. The Hall–Kier alpha value is -1.59. The van der Waals surface area contributed by atoms with E-state index in [1.54, 1.807) is 7.05 Å². The van der Waals surface area contributed by atoms with E-state index in [4.69, 9.17) is 5.11 Å². The van der Waals surface area contributed by atoms with Gasteiger partial charge in [-0.3, -0.25) is 0 Å². The van der Waals surface area contributed by atoms with Gasteiger partial charge in [0, 0.05) is 20.1 Å². The van der Waals surface area contributed by atoms with E-state index in [0.29, 0.717) is 5.95 Å². The summed E-state index contributed by atoms with van der Waals surface area (Å²) in [6.45, 7) is 5.47. The number of anilines is 1. The predicted molar refractivity (Wildman–Crippen MR) is 51.5 cm³/mol. The highest BCUT2D eigenvalue weighted by atomic mass is 16.4. The lowest BCUT2D eigenvalue weighted by Gasteiger charge is -2.15. The van der Waals surface area contributed by atoms with Crippen LogP contribution in [0.15, 0.2) is 0 Å². The van der Waals surface area contributed by atoms with Crippen molar-refractivity contribution in [3.63, 3.8) is 0 Å². The van der Waals surface area contributed by atoms with Crippen LogP contribution in [0.5, 0.6) is 0 Å². The van der Waals surface area contributed by atoms with Gasteiger partial charge in [-0.15, -0.1) is 5.10 Å². The number of rotatable bonds is 4. The molecule has 0 fully saturated rings. The average molecular weight is 198 g/mol. The molecule has 0 aliphatic rings. The fourth-order valence-corrected chi connectivity index (χ4v) is 1.20. The Morgan fingerprint density at radius 1 is 1.50 bits per heavy atom. The molecule has 0 atom stereocenters. The summed E-state index contributed by atoms with van der Waals surface area (Å²) in [6, 6.07) is 0. The van der Waals surface area contributed by atoms with E-state index in [9.17, 15) is 4.79 Å². The summed E-state index contributed by atoms with van der Waals surface area (Å²) in [4.78, 5) is 16.5. The Balaban J connectivity index is 3.01. The third-order valence-corrected chi connectivity index (χ3v) is 1.99. The van der Waals surface area contributed by atoms with Crippen molar-refractivity contribution in [3.8, 4) is 0 Å². The van der Waals surface area contributed by atoms with Crippen molar-refractivity contribution in [2.24, 2.45) is 7.05 Å². The average Bonchev–Trinajstić information content (AvgIpc) is 2.50. The van der Waals surface area contributed by atoms with Crippen molar-refractivity contribution < 1.29 is 9.90 Å². The van der Waals surface area contributed by atoms with Gasteiger partial charge in [0.15, 0.2) is 0 Å². The molecule has 0 saturated carbocycles. The van der Waals surface area contributed by atoms with E-state index in [-0.39, 0.29) is 5.82 Å². The van der Waals surface area contributed by atoms with Crippen molar-refractivity contribution in [1.29, 1.82) is 0 Å². The molecule has 0 saturated heterocycles. The van der Waals surface area contributed by atoms with Crippen LogP contribution in [0.4, 0.5) is 5.95 Å². The van der Waals surface area contributed by atoms with Crippen molar-refractivity contribution in [2.45, 2.75) is 13.8 Å². The van der Waals surface area contributed by atoms with Crippen molar-refractivity contribution >= 4 is 11.9 Å². The van der Waals surface area contributed by atoms with Crippen LogP contribution in [-0.4, -0.2) is 38.9 Å². The van der Waals surface area contributed by atoms with Gasteiger partial charge in [-0.1, -0.05) is 0 Å². The summed E-state index contributed by atoms with van der Waals surface area (Å²) in [5, 5.41) is 12.8. The standard InChI is InChI=1S/C8H14N4O2/c1-4-12(5-2)8-9-6(7(13)14)11(3)10-8/h4-5H2,1-3H3,(H,13,14). The third-order valence-electron chi connectivity index (χ3n) is 1.99. The maximum absolute atomic E-state index is 10.7. The highest BCUT2D eigenvalue weighted by molar-refractivity contribution is 5.83. The van der Waals surface area contributed by atoms with Crippen LogP contribution in [0.25, 0.3) is 0 Å². The highest BCUT2D eigenvalue weighted by Crippen LogP contribution is 2.07. The van der Waals surface area contributed by atoms with E-state index in [2.05, 4.69) is 10.1 Å². The Morgan fingerprint density at radius 3 is 2.43 bits per heavy atom. The van der Waals surface area contributed by atoms with Crippen LogP contribution in [0, 0.1) is 0 Å². The van der Waals surface area contributed by atoms with E-state index in [1.807, 2.05) is 18.7 Å². The van der Waals surface area contributed by atoms with E-state index < -0.39 is 5.97 Å². The molecular formula is C8H14N4O2.